The molecule has 0 bridgehead atoms. The highest BCUT2D eigenvalue weighted by Gasteiger charge is 2.34. The minimum atomic E-state index is -4.38. The molecule has 2 N–H and O–H groups in total. The van der Waals surface area contributed by atoms with Crippen molar-refractivity contribution in [3.05, 3.63) is 23.2 Å². The molecule has 0 aliphatic rings. The number of nitrogens with two attached hydrogens (primary N) is 1. The van der Waals surface area contributed by atoms with E-state index < -0.39 is 11.2 Å². The van der Waals surface area contributed by atoms with E-state index in [0.717, 1.165) is 0 Å². The number of fused-ring (bicyclic) bond motifs is 1. The topological polar surface area (TPSA) is 38.9 Å². The third-order valence-electron chi connectivity index (χ3n) is 1.65. The van der Waals surface area contributed by atoms with Gasteiger partial charge in [0.25, 0.3) is 0 Å². The van der Waals surface area contributed by atoms with Crippen LogP contribution in [-0.4, -0.2) is 4.98 Å². The number of anilines is 1. The molecule has 0 amide bonds. The molecule has 0 unspecified atom stereocenters. The zero-order valence-corrected chi connectivity index (χ0v) is 7.62. The number of hydrogen-bond donors (Lipinski definition) is 1. The molecule has 14 heavy (non-hydrogen) atoms. The van der Waals surface area contributed by atoms with Crippen LogP contribution in [0.2, 0.25) is 0 Å². The number of alkyl halides is 3. The highest BCUT2D eigenvalue weighted by atomic mass is 32.1. The van der Waals surface area contributed by atoms with Gasteiger partial charge in [0.05, 0.1) is 10.2 Å². The predicted molar refractivity (Wildman–Crippen MR) is 49.0 cm³/mol. The molecule has 0 spiro atoms. The molecule has 1 aromatic carbocycles. The van der Waals surface area contributed by atoms with Gasteiger partial charge in [-0.1, -0.05) is 0 Å². The average molecular weight is 218 g/mol. The molecule has 2 nitrogen and oxygen atoms in total. The zero-order chi connectivity index (χ0) is 10.3. The Morgan fingerprint density at radius 2 is 2.00 bits per heavy atom. The number of benzene rings is 1. The Kier molecular flexibility index (Phi) is 1.88. The van der Waals surface area contributed by atoms with Gasteiger partial charge in [0.1, 0.15) is 0 Å². The molecule has 1 heterocycles. The summed E-state index contributed by atoms with van der Waals surface area (Å²) in [5.41, 5.74) is 6.21. The van der Waals surface area contributed by atoms with Crippen LogP contribution in [0.4, 0.5) is 18.9 Å². The van der Waals surface area contributed by atoms with E-state index in [1.165, 1.54) is 18.2 Å². The van der Waals surface area contributed by atoms with E-state index in [0.29, 0.717) is 27.2 Å². The van der Waals surface area contributed by atoms with Crippen LogP contribution in [0.15, 0.2) is 18.2 Å². The summed E-state index contributed by atoms with van der Waals surface area (Å²) in [5, 5.41) is -0.835. The summed E-state index contributed by atoms with van der Waals surface area (Å²) in [7, 11) is 0. The van der Waals surface area contributed by atoms with Crippen LogP contribution >= 0.6 is 11.3 Å². The van der Waals surface area contributed by atoms with Gasteiger partial charge in [0.15, 0.2) is 5.01 Å². The fourth-order valence-corrected chi connectivity index (χ4v) is 1.94. The van der Waals surface area contributed by atoms with E-state index in [4.69, 9.17) is 5.73 Å². The van der Waals surface area contributed by atoms with Gasteiger partial charge in [-0.2, -0.15) is 13.2 Å². The standard InChI is InChI=1S/C8H5F3N2S/c9-8(10,11)7-13-5-2-1-4(12)3-6(5)14-7/h1-3H,12H2. The van der Waals surface area contributed by atoms with E-state index in [1.54, 1.807) is 0 Å². The third-order valence-corrected chi connectivity index (χ3v) is 2.72. The first-order valence-electron chi connectivity index (χ1n) is 3.70. The van der Waals surface area contributed by atoms with Crippen LogP contribution < -0.4 is 5.73 Å². The van der Waals surface area contributed by atoms with Crippen LogP contribution in [0, 0.1) is 0 Å². The lowest BCUT2D eigenvalue weighted by molar-refractivity contribution is -0.137. The minimum absolute atomic E-state index is 0.330. The van der Waals surface area contributed by atoms with Gasteiger partial charge >= 0.3 is 6.18 Å². The lowest BCUT2D eigenvalue weighted by Crippen LogP contribution is -2.03. The van der Waals surface area contributed by atoms with Crippen molar-refractivity contribution in [3.8, 4) is 0 Å². The maximum Gasteiger partial charge on any atom is 0.443 e. The number of thiazole rings is 1. The number of rotatable bonds is 0. The Bertz CT molecular complexity index is 475. The molecule has 0 atom stereocenters. The largest absolute Gasteiger partial charge is 0.443 e. The van der Waals surface area contributed by atoms with Crippen LogP contribution in [0.1, 0.15) is 5.01 Å². The van der Waals surface area contributed by atoms with Gasteiger partial charge in [-0.15, -0.1) is 11.3 Å². The van der Waals surface area contributed by atoms with Crippen molar-refractivity contribution in [1.29, 1.82) is 0 Å². The molecule has 1 aromatic heterocycles. The van der Waals surface area contributed by atoms with Crippen molar-refractivity contribution in [2.75, 3.05) is 5.73 Å². The molecule has 0 saturated carbocycles. The molecule has 0 fully saturated rings. The highest BCUT2D eigenvalue weighted by Crippen LogP contribution is 2.35. The minimum Gasteiger partial charge on any atom is -0.399 e. The maximum atomic E-state index is 12.2. The summed E-state index contributed by atoms with van der Waals surface area (Å²) < 4.78 is 37.2. The van der Waals surface area contributed by atoms with Crippen molar-refractivity contribution in [2.24, 2.45) is 0 Å². The summed E-state index contributed by atoms with van der Waals surface area (Å²) >= 11 is 0.602. The van der Waals surface area contributed by atoms with E-state index >= 15 is 0 Å². The molecule has 2 rings (SSSR count). The van der Waals surface area contributed by atoms with Gasteiger partial charge in [-0.25, -0.2) is 4.98 Å². The number of hydrogen-bond acceptors (Lipinski definition) is 3. The lowest BCUT2D eigenvalue weighted by atomic mass is 10.3. The van der Waals surface area contributed by atoms with Gasteiger partial charge < -0.3 is 5.73 Å². The van der Waals surface area contributed by atoms with Crippen LogP contribution in [0.25, 0.3) is 10.2 Å². The molecule has 0 radical (unpaired) electrons. The van der Waals surface area contributed by atoms with Crippen molar-refractivity contribution in [1.82, 2.24) is 4.98 Å². The first-order valence-corrected chi connectivity index (χ1v) is 4.52. The fourth-order valence-electron chi connectivity index (χ4n) is 1.06. The summed E-state index contributed by atoms with van der Waals surface area (Å²) in [6.07, 6.45) is -4.38. The number of nitrogens with zero attached hydrogens (tertiary/aromatic N) is 1. The Hall–Kier alpha value is -1.30. The summed E-state index contributed by atoms with van der Waals surface area (Å²) in [6, 6.07) is 4.50. The fraction of sp³-hybridized carbons (Fsp3) is 0.125. The Morgan fingerprint density at radius 1 is 1.29 bits per heavy atom. The Morgan fingerprint density at radius 3 is 2.64 bits per heavy atom. The quantitative estimate of drug-likeness (QED) is 0.690. The Labute approximate surface area is 81.2 Å². The lowest BCUT2D eigenvalue weighted by Gasteiger charge is -1.98. The summed E-state index contributed by atoms with van der Waals surface area (Å²) in [6.45, 7) is 0. The van der Waals surface area contributed by atoms with Gasteiger partial charge in [0, 0.05) is 5.69 Å². The van der Waals surface area contributed by atoms with Crippen molar-refractivity contribution < 1.29 is 13.2 Å². The van der Waals surface area contributed by atoms with E-state index in [9.17, 15) is 13.2 Å². The van der Waals surface area contributed by atoms with E-state index in [2.05, 4.69) is 4.98 Å². The maximum absolute atomic E-state index is 12.2. The van der Waals surface area contributed by atoms with Crippen LogP contribution in [0.3, 0.4) is 0 Å². The first-order chi connectivity index (χ1) is 6.47. The molecule has 0 aliphatic heterocycles. The summed E-state index contributed by atoms with van der Waals surface area (Å²) in [4.78, 5) is 3.46. The van der Waals surface area contributed by atoms with Gasteiger partial charge in [0.2, 0.25) is 0 Å². The molecule has 6 heteroatoms. The second-order valence-corrected chi connectivity index (χ2v) is 3.77. The number of nitrogen functional groups attached to an aromatic ring is 1. The first kappa shape index (κ1) is 9.26. The molecular weight excluding hydrogens is 213 g/mol. The predicted octanol–water partition coefficient (Wildman–Crippen LogP) is 2.90. The number of halogens is 3. The second-order valence-electron chi connectivity index (χ2n) is 2.74. The normalized spacial score (nSPS) is 12.2. The van der Waals surface area contributed by atoms with E-state index in [-0.39, 0.29) is 0 Å². The van der Waals surface area contributed by atoms with Gasteiger partial charge in [-0.3, -0.25) is 0 Å². The molecule has 0 aliphatic carbocycles. The third kappa shape index (κ3) is 1.52. The Balaban J connectivity index is 2.63. The monoisotopic (exact) mass is 218 g/mol. The summed E-state index contributed by atoms with van der Waals surface area (Å²) in [5.74, 6) is 0. The molecule has 2 aromatic rings. The van der Waals surface area contributed by atoms with Crippen molar-refractivity contribution >= 4 is 27.2 Å². The van der Waals surface area contributed by atoms with Gasteiger partial charge in [-0.05, 0) is 18.2 Å². The molecule has 0 saturated heterocycles. The van der Waals surface area contributed by atoms with Crippen LogP contribution in [0.5, 0.6) is 0 Å². The van der Waals surface area contributed by atoms with Crippen LogP contribution in [-0.2, 0) is 6.18 Å². The zero-order valence-electron chi connectivity index (χ0n) is 6.80. The van der Waals surface area contributed by atoms with Crippen molar-refractivity contribution in [2.45, 2.75) is 6.18 Å². The molecular formula is C8H5F3N2S. The van der Waals surface area contributed by atoms with Crippen molar-refractivity contribution in [3.63, 3.8) is 0 Å². The smallest absolute Gasteiger partial charge is 0.399 e. The highest BCUT2D eigenvalue weighted by molar-refractivity contribution is 7.18. The average Bonchev–Trinajstić information content (AvgIpc) is 2.45. The second kappa shape index (κ2) is 2.84. The molecule has 74 valence electrons. The van der Waals surface area contributed by atoms with E-state index in [1.807, 2.05) is 0 Å². The SMILES string of the molecule is Nc1ccc2nc(C(F)(F)F)sc2c1. The number of aromatic nitrogens is 1.